The Bertz CT molecular complexity index is 3970. The third-order valence-corrected chi connectivity index (χ3v) is 18.8. The van der Waals surface area contributed by atoms with E-state index in [9.17, 15) is 0 Å². The normalized spacial score (nSPS) is 14.5. The van der Waals surface area contributed by atoms with Gasteiger partial charge in [0, 0.05) is 43.3 Å². The van der Waals surface area contributed by atoms with Gasteiger partial charge in [-0.1, -0.05) is 197 Å². The van der Waals surface area contributed by atoms with Gasteiger partial charge in [-0.2, -0.15) is 0 Å². The maximum Gasteiger partial charge on any atom is 0.264 e. The van der Waals surface area contributed by atoms with Crippen molar-refractivity contribution in [3.8, 4) is 33.4 Å². The Morgan fingerprint density at radius 2 is 0.974 bits per heavy atom. The SMILES string of the molecule is Cc1cc2c3c(c1)N(c1ccc(C(C)(C)C)cc1)c1c(sc4cc5c(cc14)-c1ccccc1C51c4ccccc4-c4ccccc41)B3c1ccc(-c3c(C(C)C)cccc3C(C)C)cc1N2c1ccc(C(C)(C)C)cc1. The van der Waals surface area contributed by atoms with Gasteiger partial charge < -0.3 is 9.80 Å². The summed E-state index contributed by atoms with van der Waals surface area (Å²) in [4.78, 5) is 5.27. The minimum absolute atomic E-state index is 0.00817. The van der Waals surface area contributed by atoms with Crippen LogP contribution in [0.3, 0.4) is 0 Å². The van der Waals surface area contributed by atoms with E-state index in [4.69, 9.17) is 0 Å². The second kappa shape index (κ2) is 16.6. The zero-order valence-electron chi connectivity index (χ0n) is 45.9. The van der Waals surface area contributed by atoms with E-state index < -0.39 is 5.41 Å². The molecule has 0 atom stereocenters. The highest BCUT2D eigenvalue weighted by Crippen LogP contribution is 2.64. The first-order valence-electron chi connectivity index (χ1n) is 27.7. The largest absolute Gasteiger partial charge is 0.311 e. The summed E-state index contributed by atoms with van der Waals surface area (Å²) in [7, 11) is 0. The van der Waals surface area contributed by atoms with Crippen molar-refractivity contribution >= 4 is 78.0 Å². The van der Waals surface area contributed by atoms with E-state index in [2.05, 4.69) is 268 Å². The molecule has 9 aromatic carbocycles. The molecule has 0 fully saturated rings. The van der Waals surface area contributed by atoms with E-state index in [0.29, 0.717) is 11.8 Å². The average Bonchev–Trinajstić information content (AvgIpc) is 4.03. The summed E-state index contributed by atoms with van der Waals surface area (Å²) in [6.45, 7) is 25.6. The van der Waals surface area contributed by atoms with Crippen molar-refractivity contribution in [3.05, 3.63) is 232 Å². The summed E-state index contributed by atoms with van der Waals surface area (Å²) in [5.41, 5.74) is 30.0. The van der Waals surface area contributed by atoms with Crippen LogP contribution in [0.25, 0.3) is 43.5 Å². The molecule has 2 nitrogen and oxygen atoms in total. The molecule has 0 unspecified atom stereocenters. The summed E-state index contributed by atoms with van der Waals surface area (Å²) < 4.78 is 2.72. The fraction of sp³-hybridized carbons (Fsp3) is 0.222. The first-order chi connectivity index (χ1) is 36.5. The first kappa shape index (κ1) is 47.1. The molecule has 10 aromatic rings. The second-order valence-electron chi connectivity index (χ2n) is 24.9. The van der Waals surface area contributed by atoms with Crippen molar-refractivity contribution < 1.29 is 0 Å². The Balaban J connectivity index is 1.09. The van der Waals surface area contributed by atoms with Gasteiger partial charge in [0.25, 0.3) is 6.71 Å². The summed E-state index contributed by atoms with van der Waals surface area (Å²) in [6.07, 6.45) is 0. The Hall–Kier alpha value is -7.40. The molecule has 4 heteroatoms. The average molecular weight is 1000 g/mol. The highest BCUT2D eigenvalue weighted by Gasteiger charge is 2.53. The molecular weight excluding hydrogens is 936 g/mol. The molecule has 0 N–H and O–H groups in total. The summed E-state index contributed by atoms with van der Waals surface area (Å²) in [5.74, 6) is 0.747. The van der Waals surface area contributed by atoms with Gasteiger partial charge in [-0.3, -0.25) is 0 Å². The van der Waals surface area contributed by atoms with Crippen LogP contribution >= 0.6 is 11.3 Å². The summed E-state index contributed by atoms with van der Waals surface area (Å²) >= 11 is 2.02. The molecule has 0 amide bonds. The number of benzene rings is 9. The maximum absolute atomic E-state index is 2.65. The van der Waals surface area contributed by atoms with Gasteiger partial charge in [0.15, 0.2) is 0 Å². The van der Waals surface area contributed by atoms with E-state index in [1.54, 1.807) is 0 Å². The third kappa shape index (κ3) is 6.59. The molecule has 2 aliphatic heterocycles. The van der Waals surface area contributed by atoms with Gasteiger partial charge in [-0.25, -0.2) is 0 Å². The maximum atomic E-state index is 2.65. The molecule has 4 aliphatic rings. The predicted octanol–water partition coefficient (Wildman–Crippen LogP) is 18.1. The molecule has 0 radical (unpaired) electrons. The van der Waals surface area contributed by atoms with Crippen LogP contribution in [0, 0.1) is 6.92 Å². The topological polar surface area (TPSA) is 6.48 Å². The third-order valence-electron chi connectivity index (χ3n) is 17.6. The quantitative estimate of drug-likeness (QED) is 0.159. The molecule has 14 rings (SSSR count). The molecule has 1 aromatic heterocycles. The minimum Gasteiger partial charge on any atom is -0.311 e. The second-order valence-corrected chi connectivity index (χ2v) is 26.0. The van der Waals surface area contributed by atoms with E-state index in [0.717, 1.165) is 0 Å². The van der Waals surface area contributed by atoms with Crippen LogP contribution in [0.1, 0.15) is 131 Å². The van der Waals surface area contributed by atoms with Gasteiger partial charge in [0.05, 0.1) is 11.1 Å². The van der Waals surface area contributed by atoms with E-state index in [1.165, 1.54) is 143 Å². The number of fused-ring (bicyclic) bond motifs is 16. The van der Waals surface area contributed by atoms with E-state index in [-0.39, 0.29) is 17.5 Å². The smallest absolute Gasteiger partial charge is 0.264 e. The van der Waals surface area contributed by atoms with Crippen molar-refractivity contribution in [2.24, 2.45) is 0 Å². The van der Waals surface area contributed by atoms with Gasteiger partial charge in [-0.05, 0) is 179 Å². The Morgan fingerprint density at radius 3 is 1.50 bits per heavy atom. The lowest BCUT2D eigenvalue weighted by molar-refractivity contribution is 0.590. The first-order valence-corrected chi connectivity index (χ1v) is 28.5. The number of thiophene rings is 1. The van der Waals surface area contributed by atoms with Gasteiger partial charge >= 0.3 is 0 Å². The van der Waals surface area contributed by atoms with E-state index in [1.807, 2.05) is 11.3 Å². The van der Waals surface area contributed by atoms with E-state index >= 15 is 0 Å². The Labute approximate surface area is 454 Å². The number of hydrogen-bond donors (Lipinski definition) is 0. The fourth-order valence-electron chi connectivity index (χ4n) is 14.0. The monoisotopic (exact) mass is 1000 g/mol. The standard InChI is InChI=1S/C72H65BN2S/c1-42(2)50-22-18-23-51(43(3)4)66(50)45-27-36-61-62(39-45)74(48-32-28-46(29-33-48)70(6,7)8)63-37-44(5)38-64-67(63)73(61)69-68(75(64)49-34-30-47(31-35-49)71(9,10)11)56-40-55-54-21-14-17-26-59(54)72(60(55)41-65(56)76-69)57-24-15-12-19-52(57)53-20-13-16-25-58(53)72/h12-43H,1-11H3. The molecule has 0 saturated carbocycles. The number of nitrogens with zero attached hydrogens (tertiary/aromatic N) is 2. The molecule has 76 heavy (non-hydrogen) atoms. The van der Waals surface area contributed by atoms with Gasteiger partial charge in [0.2, 0.25) is 0 Å². The molecule has 2 aliphatic carbocycles. The zero-order valence-corrected chi connectivity index (χ0v) is 46.7. The van der Waals surface area contributed by atoms with Crippen molar-refractivity contribution in [3.63, 3.8) is 0 Å². The number of anilines is 6. The highest BCUT2D eigenvalue weighted by molar-refractivity contribution is 7.33. The molecule has 0 bridgehead atoms. The van der Waals surface area contributed by atoms with Crippen LogP contribution in [-0.4, -0.2) is 6.71 Å². The van der Waals surface area contributed by atoms with Crippen LogP contribution < -0.4 is 25.5 Å². The molecule has 1 spiro atoms. The lowest BCUT2D eigenvalue weighted by atomic mass is 9.36. The summed E-state index contributed by atoms with van der Waals surface area (Å²) in [5, 5.41) is 1.31. The number of rotatable bonds is 5. The number of aryl methyl sites for hydroxylation is 1. The van der Waals surface area contributed by atoms with Crippen molar-refractivity contribution in [1.29, 1.82) is 0 Å². The van der Waals surface area contributed by atoms with Crippen LogP contribution in [0.5, 0.6) is 0 Å². The lowest BCUT2D eigenvalue weighted by Gasteiger charge is -2.43. The van der Waals surface area contributed by atoms with Crippen LogP contribution in [0.15, 0.2) is 182 Å². The Kier molecular flexibility index (Phi) is 10.3. The highest BCUT2D eigenvalue weighted by atomic mass is 32.1. The molecule has 372 valence electrons. The fourth-order valence-corrected chi connectivity index (χ4v) is 15.3. The van der Waals surface area contributed by atoms with Crippen molar-refractivity contribution in [2.75, 3.05) is 9.80 Å². The van der Waals surface area contributed by atoms with Crippen molar-refractivity contribution in [2.45, 2.75) is 104 Å². The predicted molar refractivity (Wildman–Crippen MR) is 328 cm³/mol. The Morgan fingerprint density at radius 1 is 0.474 bits per heavy atom. The summed E-state index contributed by atoms with van der Waals surface area (Å²) in [6, 6.07) is 71.3. The van der Waals surface area contributed by atoms with Gasteiger partial charge in [0.1, 0.15) is 0 Å². The lowest BCUT2D eigenvalue weighted by Crippen LogP contribution is -2.60. The van der Waals surface area contributed by atoms with Gasteiger partial charge in [-0.15, -0.1) is 11.3 Å². The van der Waals surface area contributed by atoms with Crippen LogP contribution in [0.2, 0.25) is 0 Å². The number of hydrogen-bond acceptors (Lipinski definition) is 3. The van der Waals surface area contributed by atoms with Crippen molar-refractivity contribution in [1.82, 2.24) is 0 Å². The molecule has 0 saturated heterocycles. The minimum atomic E-state index is -0.425. The van der Waals surface area contributed by atoms with Crippen LogP contribution in [0.4, 0.5) is 34.1 Å². The van der Waals surface area contributed by atoms with Crippen LogP contribution in [-0.2, 0) is 16.2 Å². The molecular formula is C72H65BN2S. The molecule has 3 heterocycles. The zero-order chi connectivity index (χ0) is 52.3.